The number of ketones is 1. The zero-order chi connectivity index (χ0) is 20.3. The standard InChI is InChI=1S/C22H22ClN3O2/c1-4-26-20(19(23)13-24-26)14-25(3)22(28)18-8-6-5-7-17(18)21(27)16-11-9-15(2)10-12-16/h5-13H,4,14H2,1-3H3. The number of hydrogen-bond donors (Lipinski definition) is 0. The van der Waals surface area contributed by atoms with Crippen molar-refractivity contribution in [2.24, 2.45) is 0 Å². The quantitative estimate of drug-likeness (QED) is 0.582. The van der Waals surface area contributed by atoms with Crippen molar-refractivity contribution in [2.75, 3.05) is 7.05 Å². The second-order valence-corrected chi connectivity index (χ2v) is 7.06. The lowest BCUT2D eigenvalue weighted by Gasteiger charge is -2.19. The van der Waals surface area contributed by atoms with Gasteiger partial charge in [-0.15, -0.1) is 0 Å². The zero-order valence-electron chi connectivity index (χ0n) is 16.1. The van der Waals surface area contributed by atoms with Gasteiger partial charge in [-0.3, -0.25) is 14.3 Å². The first-order chi connectivity index (χ1) is 13.4. The zero-order valence-corrected chi connectivity index (χ0v) is 16.9. The Balaban J connectivity index is 1.89. The van der Waals surface area contributed by atoms with Gasteiger partial charge in [0.1, 0.15) is 0 Å². The van der Waals surface area contributed by atoms with E-state index >= 15 is 0 Å². The van der Waals surface area contributed by atoms with Crippen LogP contribution in [0.2, 0.25) is 5.02 Å². The lowest BCUT2D eigenvalue weighted by Crippen LogP contribution is -2.29. The minimum Gasteiger partial charge on any atom is -0.336 e. The summed E-state index contributed by atoms with van der Waals surface area (Å²) in [5, 5.41) is 4.72. The van der Waals surface area contributed by atoms with E-state index in [-0.39, 0.29) is 11.7 Å². The summed E-state index contributed by atoms with van der Waals surface area (Å²) in [4.78, 5) is 27.6. The Morgan fingerprint density at radius 2 is 1.71 bits per heavy atom. The van der Waals surface area contributed by atoms with Crippen molar-refractivity contribution in [2.45, 2.75) is 26.9 Å². The highest BCUT2D eigenvalue weighted by atomic mass is 35.5. The van der Waals surface area contributed by atoms with Crippen LogP contribution < -0.4 is 0 Å². The van der Waals surface area contributed by atoms with E-state index in [9.17, 15) is 9.59 Å². The van der Waals surface area contributed by atoms with Crippen molar-refractivity contribution in [3.05, 3.63) is 87.7 Å². The SMILES string of the molecule is CCn1ncc(Cl)c1CN(C)C(=O)c1ccccc1C(=O)c1ccc(C)cc1. The summed E-state index contributed by atoms with van der Waals surface area (Å²) in [6.07, 6.45) is 1.58. The molecule has 0 saturated carbocycles. The molecule has 0 spiro atoms. The molecule has 1 heterocycles. The third kappa shape index (κ3) is 3.99. The minimum atomic E-state index is -0.240. The van der Waals surface area contributed by atoms with Crippen LogP contribution in [0.5, 0.6) is 0 Å². The molecular weight excluding hydrogens is 374 g/mol. The molecule has 3 rings (SSSR count). The van der Waals surface area contributed by atoms with Crippen molar-refractivity contribution >= 4 is 23.3 Å². The molecule has 0 aliphatic heterocycles. The Morgan fingerprint density at radius 3 is 2.36 bits per heavy atom. The van der Waals surface area contributed by atoms with Crippen LogP contribution in [-0.4, -0.2) is 33.4 Å². The van der Waals surface area contributed by atoms with Crippen molar-refractivity contribution in [3.8, 4) is 0 Å². The molecule has 0 saturated heterocycles. The number of aryl methyl sites for hydroxylation is 2. The number of amides is 1. The first-order valence-corrected chi connectivity index (χ1v) is 9.46. The van der Waals surface area contributed by atoms with Crippen molar-refractivity contribution in [1.29, 1.82) is 0 Å². The highest BCUT2D eigenvalue weighted by molar-refractivity contribution is 6.31. The second-order valence-electron chi connectivity index (χ2n) is 6.66. The fourth-order valence-electron chi connectivity index (χ4n) is 3.05. The highest BCUT2D eigenvalue weighted by Gasteiger charge is 2.22. The highest BCUT2D eigenvalue weighted by Crippen LogP contribution is 2.20. The largest absolute Gasteiger partial charge is 0.336 e. The summed E-state index contributed by atoms with van der Waals surface area (Å²) < 4.78 is 1.76. The van der Waals surface area contributed by atoms with E-state index < -0.39 is 0 Å². The van der Waals surface area contributed by atoms with Crippen LogP contribution in [0.4, 0.5) is 0 Å². The maximum atomic E-state index is 13.1. The van der Waals surface area contributed by atoms with Gasteiger partial charge in [0.2, 0.25) is 0 Å². The molecule has 0 unspecified atom stereocenters. The number of carbonyl (C=O) groups excluding carboxylic acids is 2. The molecule has 0 aliphatic carbocycles. The summed E-state index contributed by atoms with van der Waals surface area (Å²) in [5.41, 5.74) is 3.15. The lowest BCUT2D eigenvalue weighted by atomic mass is 9.97. The van der Waals surface area contributed by atoms with E-state index in [1.54, 1.807) is 59.2 Å². The molecular formula is C22H22ClN3O2. The summed E-state index contributed by atoms with van der Waals surface area (Å²) in [6, 6.07) is 14.2. The number of benzene rings is 2. The first kappa shape index (κ1) is 19.8. The first-order valence-electron chi connectivity index (χ1n) is 9.08. The molecule has 2 aromatic carbocycles. The van der Waals surface area contributed by atoms with Gasteiger partial charge in [0, 0.05) is 24.7 Å². The molecule has 5 nitrogen and oxygen atoms in total. The monoisotopic (exact) mass is 395 g/mol. The van der Waals surface area contributed by atoms with Crippen LogP contribution in [0.3, 0.4) is 0 Å². The van der Waals surface area contributed by atoms with E-state index in [1.807, 2.05) is 26.0 Å². The Morgan fingerprint density at radius 1 is 1.07 bits per heavy atom. The van der Waals surface area contributed by atoms with Crippen molar-refractivity contribution in [1.82, 2.24) is 14.7 Å². The van der Waals surface area contributed by atoms with Gasteiger partial charge in [-0.25, -0.2) is 0 Å². The van der Waals surface area contributed by atoms with Gasteiger partial charge in [-0.2, -0.15) is 5.10 Å². The van der Waals surface area contributed by atoms with Gasteiger partial charge in [-0.1, -0.05) is 59.6 Å². The lowest BCUT2D eigenvalue weighted by molar-refractivity contribution is 0.0777. The maximum absolute atomic E-state index is 13.1. The van der Waals surface area contributed by atoms with Crippen LogP contribution in [0, 0.1) is 6.92 Å². The molecule has 1 aromatic heterocycles. The molecule has 1 amide bonds. The van der Waals surface area contributed by atoms with Crippen LogP contribution in [0.15, 0.2) is 54.7 Å². The molecule has 0 atom stereocenters. The average molecular weight is 396 g/mol. The van der Waals surface area contributed by atoms with Crippen LogP contribution in [0.25, 0.3) is 0 Å². The normalized spacial score (nSPS) is 10.7. The minimum absolute atomic E-state index is 0.172. The summed E-state index contributed by atoms with van der Waals surface area (Å²) in [5.74, 6) is -0.412. The molecule has 0 fully saturated rings. The van der Waals surface area contributed by atoms with E-state index in [1.165, 1.54) is 0 Å². The van der Waals surface area contributed by atoms with Gasteiger partial charge >= 0.3 is 0 Å². The second kappa shape index (κ2) is 8.40. The van der Waals surface area contributed by atoms with Crippen molar-refractivity contribution < 1.29 is 9.59 Å². The smallest absolute Gasteiger partial charge is 0.254 e. The summed E-state index contributed by atoms with van der Waals surface area (Å²) >= 11 is 6.22. The maximum Gasteiger partial charge on any atom is 0.254 e. The topological polar surface area (TPSA) is 55.2 Å². The summed E-state index contributed by atoms with van der Waals surface area (Å²) in [6.45, 7) is 4.89. The average Bonchev–Trinajstić information content (AvgIpc) is 3.07. The molecule has 0 radical (unpaired) electrons. The number of carbonyl (C=O) groups is 2. The Labute approximate surface area is 169 Å². The number of aromatic nitrogens is 2. The van der Waals surface area contributed by atoms with Gasteiger partial charge in [0.05, 0.1) is 29.0 Å². The summed E-state index contributed by atoms with van der Waals surface area (Å²) in [7, 11) is 1.69. The molecule has 0 bridgehead atoms. The van der Waals surface area contributed by atoms with E-state index in [0.717, 1.165) is 11.3 Å². The number of hydrogen-bond acceptors (Lipinski definition) is 3. The molecule has 3 aromatic rings. The fourth-order valence-corrected chi connectivity index (χ4v) is 3.25. The van der Waals surface area contributed by atoms with E-state index in [0.29, 0.717) is 34.8 Å². The van der Waals surface area contributed by atoms with Crippen LogP contribution >= 0.6 is 11.6 Å². The third-order valence-electron chi connectivity index (χ3n) is 4.65. The number of nitrogens with zero attached hydrogens (tertiary/aromatic N) is 3. The number of halogens is 1. The van der Waals surface area contributed by atoms with Gasteiger partial charge in [0.15, 0.2) is 5.78 Å². The van der Waals surface area contributed by atoms with E-state index in [4.69, 9.17) is 11.6 Å². The Hall–Kier alpha value is -2.92. The van der Waals surface area contributed by atoms with Crippen LogP contribution in [-0.2, 0) is 13.1 Å². The molecule has 0 aliphatic rings. The third-order valence-corrected chi connectivity index (χ3v) is 4.96. The molecule has 144 valence electrons. The van der Waals surface area contributed by atoms with Crippen molar-refractivity contribution in [3.63, 3.8) is 0 Å². The van der Waals surface area contributed by atoms with E-state index in [2.05, 4.69) is 5.10 Å². The molecule has 28 heavy (non-hydrogen) atoms. The number of rotatable bonds is 6. The van der Waals surface area contributed by atoms with Gasteiger partial charge < -0.3 is 4.90 Å². The van der Waals surface area contributed by atoms with Gasteiger partial charge in [0.25, 0.3) is 5.91 Å². The Bertz CT molecular complexity index is 1010. The van der Waals surface area contributed by atoms with Gasteiger partial charge in [-0.05, 0) is 19.9 Å². The Kier molecular flexibility index (Phi) is 5.95. The fraction of sp³-hybridized carbons (Fsp3) is 0.227. The predicted molar refractivity (Wildman–Crippen MR) is 110 cm³/mol. The predicted octanol–water partition coefficient (Wildman–Crippen LogP) is 4.37. The van der Waals surface area contributed by atoms with Crippen LogP contribution in [0.1, 0.15) is 44.5 Å². The molecule has 0 N–H and O–H groups in total. The molecule has 6 heteroatoms.